The molecule has 4 rings (SSSR count). The van der Waals surface area contributed by atoms with Crippen LogP contribution < -0.4 is 4.74 Å². The van der Waals surface area contributed by atoms with Crippen molar-refractivity contribution in [1.29, 1.82) is 0 Å². The molecule has 2 heterocycles. The maximum atomic E-state index is 6.62. The summed E-state index contributed by atoms with van der Waals surface area (Å²) in [6.07, 6.45) is 3.58. The van der Waals surface area contributed by atoms with Gasteiger partial charge in [0, 0.05) is 11.4 Å². The van der Waals surface area contributed by atoms with E-state index in [-0.39, 0.29) is 0 Å². The van der Waals surface area contributed by atoms with Crippen molar-refractivity contribution in [2.75, 3.05) is 13.2 Å². The van der Waals surface area contributed by atoms with E-state index in [2.05, 4.69) is 10.1 Å². The van der Waals surface area contributed by atoms with Crippen LogP contribution in [0.1, 0.15) is 5.56 Å². The van der Waals surface area contributed by atoms with E-state index in [1.165, 1.54) is 6.33 Å². The Morgan fingerprint density at radius 1 is 1.07 bits per heavy atom. The van der Waals surface area contributed by atoms with Crippen molar-refractivity contribution < 1.29 is 14.2 Å². The summed E-state index contributed by atoms with van der Waals surface area (Å²) in [6.45, 7) is 1.46. The monoisotopic (exact) mass is 405 g/mol. The molecular weight excluding hydrogens is 389 g/mol. The third-order valence-corrected chi connectivity index (χ3v) is 4.91. The summed E-state index contributed by atoms with van der Waals surface area (Å²) < 4.78 is 19.4. The van der Waals surface area contributed by atoms with E-state index in [0.717, 1.165) is 5.56 Å². The van der Waals surface area contributed by atoms with E-state index in [0.29, 0.717) is 47.7 Å². The zero-order valence-corrected chi connectivity index (χ0v) is 15.9. The molecule has 140 valence electrons. The summed E-state index contributed by atoms with van der Waals surface area (Å²) in [5.41, 5.74) is 0.866. The molecule has 8 heteroatoms. The van der Waals surface area contributed by atoms with Crippen molar-refractivity contribution >= 4 is 23.2 Å². The van der Waals surface area contributed by atoms with Gasteiger partial charge in [0.15, 0.2) is 5.79 Å². The number of nitrogens with zero attached hydrogens (tertiary/aromatic N) is 3. The Morgan fingerprint density at radius 2 is 1.85 bits per heavy atom. The van der Waals surface area contributed by atoms with Gasteiger partial charge in [-0.25, -0.2) is 9.67 Å². The Balaban J connectivity index is 1.57. The van der Waals surface area contributed by atoms with E-state index < -0.39 is 5.79 Å². The first-order valence-corrected chi connectivity index (χ1v) is 9.20. The summed E-state index contributed by atoms with van der Waals surface area (Å²) in [7, 11) is 0. The van der Waals surface area contributed by atoms with Gasteiger partial charge >= 0.3 is 0 Å². The average Bonchev–Trinajstić information content (AvgIpc) is 3.33. The number of benzene rings is 2. The van der Waals surface area contributed by atoms with Gasteiger partial charge in [-0.1, -0.05) is 35.3 Å². The third kappa shape index (κ3) is 4.25. The molecule has 2 aromatic carbocycles. The fourth-order valence-corrected chi connectivity index (χ4v) is 3.36. The minimum Gasteiger partial charge on any atom is -0.456 e. The molecule has 0 amide bonds. The number of aromatic nitrogens is 3. The van der Waals surface area contributed by atoms with Crippen LogP contribution in [0.4, 0.5) is 0 Å². The van der Waals surface area contributed by atoms with Crippen molar-refractivity contribution in [1.82, 2.24) is 14.8 Å². The second-order valence-corrected chi connectivity index (χ2v) is 6.98. The van der Waals surface area contributed by atoms with Crippen molar-refractivity contribution in [3.05, 3.63) is 70.7 Å². The van der Waals surface area contributed by atoms with Crippen LogP contribution >= 0.6 is 23.2 Å². The van der Waals surface area contributed by atoms with Crippen LogP contribution in [0, 0.1) is 0 Å². The lowest BCUT2D eigenvalue weighted by molar-refractivity contribution is -0.167. The van der Waals surface area contributed by atoms with Gasteiger partial charge in [0.2, 0.25) is 0 Å². The van der Waals surface area contributed by atoms with E-state index in [4.69, 9.17) is 37.4 Å². The van der Waals surface area contributed by atoms with Crippen molar-refractivity contribution in [3.63, 3.8) is 0 Å². The average molecular weight is 406 g/mol. The molecule has 1 saturated heterocycles. The SMILES string of the molecule is Clc1ccc(Oc2cccc(CC3(Cn4cncn4)OCCO3)c2Cl)cc1. The predicted octanol–water partition coefficient (Wildman–Crippen LogP) is 4.36. The molecule has 0 saturated carbocycles. The standard InChI is InChI=1S/C19H17Cl2N3O3/c20-15-4-6-16(7-5-15)27-17-3-1-2-14(18(17)21)10-19(25-8-9-26-19)11-24-13-22-12-23-24/h1-7,12-13H,8-11H2. The summed E-state index contributed by atoms with van der Waals surface area (Å²) in [5, 5.41) is 5.31. The topological polar surface area (TPSA) is 58.4 Å². The van der Waals surface area contributed by atoms with E-state index in [9.17, 15) is 0 Å². The molecule has 1 fully saturated rings. The molecule has 0 N–H and O–H groups in total. The number of ether oxygens (including phenoxy) is 3. The zero-order valence-electron chi connectivity index (χ0n) is 14.3. The van der Waals surface area contributed by atoms with Crippen LogP contribution in [0.2, 0.25) is 10.0 Å². The Labute approximate surface area is 166 Å². The number of hydrogen-bond acceptors (Lipinski definition) is 5. The van der Waals surface area contributed by atoms with E-state index >= 15 is 0 Å². The molecule has 0 atom stereocenters. The highest BCUT2D eigenvalue weighted by molar-refractivity contribution is 6.32. The summed E-state index contributed by atoms with van der Waals surface area (Å²) in [4.78, 5) is 3.97. The second-order valence-electron chi connectivity index (χ2n) is 6.16. The summed E-state index contributed by atoms with van der Waals surface area (Å²) in [6, 6.07) is 12.8. The molecule has 0 spiro atoms. The maximum absolute atomic E-state index is 6.62. The molecular formula is C19H17Cl2N3O3. The van der Waals surface area contributed by atoms with Gasteiger partial charge in [-0.3, -0.25) is 0 Å². The first-order valence-electron chi connectivity index (χ1n) is 8.45. The fraction of sp³-hybridized carbons (Fsp3) is 0.263. The Morgan fingerprint density at radius 3 is 2.56 bits per heavy atom. The largest absolute Gasteiger partial charge is 0.456 e. The van der Waals surface area contributed by atoms with Crippen LogP contribution in [-0.2, 0) is 22.4 Å². The lowest BCUT2D eigenvalue weighted by Crippen LogP contribution is -2.38. The van der Waals surface area contributed by atoms with Gasteiger partial charge in [-0.2, -0.15) is 5.10 Å². The highest BCUT2D eigenvalue weighted by atomic mass is 35.5. The molecule has 0 radical (unpaired) electrons. The Kier molecular flexibility index (Phi) is 5.31. The molecule has 1 aliphatic rings. The van der Waals surface area contributed by atoms with Gasteiger partial charge in [0.1, 0.15) is 24.2 Å². The lowest BCUT2D eigenvalue weighted by atomic mass is 10.0. The van der Waals surface area contributed by atoms with Gasteiger partial charge in [-0.05, 0) is 35.9 Å². The Bertz CT molecular complexity index is 895. The lowest BCUT2D eigenvalue weighted by Gasteiger charge is -2.27. The minimum absolute atomic E-state index is 0.422. The van der Waals surface area contributed by atoms with Gasteiger partial charge in [0.05, 0.1) is 24.8 Å². The molecule has 6 nitrogen and oxygen atoms in total. The van der Waals surface area contributed by atoms with E-state index in [1.807, 2.05) is 18.2 Å². The smallest absolute Gasteiger partial charge is 0.192 e. The first kappa shape index (κ1) is 18.3. The molecule has 1 aliphatic heterocycles. The maximum Gasteiger partial charge on any atom is 0.192 e. The predicted molar refractivity (Wildman–Crippen MR) is 101 cm³/mol. The summed E-state index contributed by atoms with van der Waals surface area (Å²) in [5.74, 6) is 0.380. The number of halogens is 2. The van der Waals surface area contributed by atoms with Crippen LogP contribution in [-0.4, -0.2) is 33.8 Å². The molecule has 0 aliphatic carbocycles. The van der Waals surface area contributed by atoms with Gasteiger partial charge < -0.3 is 14.2 Å². The van der Waals surface area contributed by atoms with Crippen LogP contribution in [0.3, 0.4) is 0 Å². The number of hydrogen-bond donors (Lipinski definition) is 0. The third-order valence-electron chi connectivity index (χ3n) is 4.23. The molecule has 0 bridgehead atoms. The highest BCUT2D eigenvalue weighted by Gasteiger charge is 2.38. The number of rotatable bonds is 6. The normalized spacial score (nSPS) is 15.8. The van der Waals surface area contributed by atoms with Gasteiger partial charge in [0.25, 0.3) is 0 Å². The molecule has 3 aromatic rings. The van der Waals surface area contributed by atoms with E-state index in [1.54, 1.807) is 35.3 Å². The highest BCUT2D eigenvalue weighted by Crippen LogP contribution is 2.36. The van der Waals surface area contributed by atoms with Gasteiger partial charge in [-0.15, -0.1) is 0 Å². The minimum atomic E-state index is -0.837. The first-order chi connectivity index (χ1) is 13.1. The van der Waals surface area contributed by atoms with Crippen molar-refractivity contribution in [2.45, 2.75) is 18.8 Å². The molecule has 1 aromatic heterocycles. The zero-order chi connectivity index (χ0) is 18.7. The van der Waals surface area contributed by atoms with Crippen LogP contribution in [0.25, 0.3) is 0 Å². The quantitative estimate of drug-likeness (QED) is 0.609. The fourth-order valence-electron chi connectivity index (χ4n) is 3.00. The Hall–Kier alpha value is -2.12. The summed E-state index contributed by atoms with van der Waals surface area (Å²) >= 11 is 12.5. The molecule has 0 unspecified atom stereocenters. The van der Waals surface area contributed by atoms with Crippen LogP contribution in [0.5, 0.6) is 11.5 Å². The van der Waals surface area contributed by atoms with Crippen LogP contribution in [0.15, 0.2) is 55.1 Å². The molecule has 27 heavy (non-hydrogen) atoms. The van der Waals surface area contributed by atoms with Crippen molar-refractivity contribution in [3.8, 4) is 11.5 Å². The van der Waals surface area contributed by atoms with Crippen molar-refractivity contribution in [2.24, 2.45) is 0 Å². The second kappa shape index (κ2) is 7.86.